The molecule has 1 aliphatic carbocycles. The van der Waals surface area contributed by atoms with Crippen molar-refractivity contribution in [1.29, 1.82) is 0 Å². The van der Waals surface area contributed by atoms with E-state index in [1.807, 2.05) is 67.6 Å². The van der Waals surface area contributed by atoms with Crippen LogP contribution >= 0.6 is 23.2 Å². The highest BCUT2D eigenvalue weighted by Crippen LogP contribution is 2.40. The first-order chi connectivity index (χ1) is 20.3. The van der Waals surface area contributed by atoms with E-state index in [1.165, 1.54) is 0 Å². The van der Waals surface area contributed by atoms with Gasteiger partial charge in [0.15, 0.2) is 5.82 Å². The number of anilines is 2. The molecule has 0 bridgehead atoms. The Morgan fingerprint density at radius 2 is 1.36 bits per heavy atom. The molecular weight excluding hydrogens is 567 g/mol. The number of hydrogen-bond acceptors (Lipinski definition) is 8. The van der Waals surface area contributed by atoms with E-state index in [2.05, 4.69) is 19.9 Å². The van der Waals surface area contributed by atoms with Crippen molar-refractivity contribution in [3.8, 4) is 33.9 Å². The van der Waals surface area contributed by atoms with Crippen LogP contribution in [0.2, 0.25) is 10.0 Å². The molecule has 0 saturated heterocycles. The Hall–Kier alpha value is -4.08. The van der Waals surface area contributed by atoms with Crippen molar-refractivity contribution in [2.45, 2.75) is 38.8 Å². The van der Waals surface area contributed by atoms with Crippen molar-refractivity contribution >= 4 is 34.8 Å². The average molecular weight is 600 g/mol. The molecule has 3 aromatic carbocycles. The van der Waals surface area contributed by atoms with E-state index in [0.29, 0.717) is 51.2 Å². The minimum absolute atomic E-state index is 0.217. The van der Waals surface area contributed by atoms with Crippen LogP contribution in [0.4, 0.5) is 11.6 Å². The number of rotatable bonds is 6. The highest BCUT2D eigenvalue weighted by atomic mass is 35.5. The predicted molar refractivity (Wildman–Crippen MR) is 172 cm³/mol. The van der Waals surface area contributed by atoms with Crippen LogP contribution in [0.1, 0.15) is 41.3 Å². The summed E-state index contributed by atoms with van der Waals surface area (Å²) < 4.78 is 0. The zero-order valence-electron chi connectivity index (χ0n) is 23.2. The van der Waals surface area contributed by atoms with Crippen LogP contribution in [-0.2, 0) is 13.1 Å². The molecule has 2 aromatic heterocycles. The van der Waals surface area contributed by atoms with Gasteiger partial charge in [-0.1, -0.05) is 83.4 Å². The number of halogens is 2. The fourth-order valence-corrected chi connectivity index (χ4v) is 5.02. The standard InChI is InChI=1S/C18H16Cl2N4.C14H16N4/c1-10-2-4-11(5-3-10)18-23-16(14(9-21)17(22)24-18)13-7-6-12(19)8-15(13)20;15-8-11-12(9-4-2-1-3-5-9)17-14(10-6-7-10)18-13(11)16/h2-8H,9,21H2,1H3,(H2,22,23,24);1-5,10H,6-8,15H2,(H2,16,17,18). The lowest BCUT2D eigenvalue weighted by Crippen LogP contribution is -2.10. The first-order valence-electron chi connectivity index (χ1n) is 13.6. The second-order valence-corrected chi connectivity index (χ2v) is 10.9. The number of hydrogen-bond donors (Lipinski definition) is 4. The summed E-state index contributed by atoms with van der Waals surface area (Å²) in [6, 6.07) is 23.2. The summed E-state index contributed by atoms with van der Waals surface area (Å²) in [5, 5.41) is 1.05. The van der Waals surface area contributed by atoms with Gasteiger partial charge in [0.1, 0.15) is 17.5 Å². The summed E-state index contributed by atoms with van der Waals surface area (Å²) in [5.74, 6) is 2.76. The normalized spacial score (nSPS) is 12.5. The van der Waals surface area contributed by atoms with Gasteiger partial charge in [-0.25, -0.2) is 19.9 Å². The fraction of sp³-hybridized carbons (Fsp3) is 0.188. The largest absolute Gasteiger partial charge is 0.383 e. The quantitative estimate of drug-likeness (QED) is 0.172. The van der Waals surface area contributed by atoms with Gasteiger partial charge in [0.25, 0.3) is 0 Å². The molecular formula is C32H32Cl2N8. The first kappa shape index (κ1) is 29.4. The maximum atomic E-state index is 6.34. The van der Waals surface area contributed by atoms with Crippen molar-refractivity contribution < 1.29 is 0 Å². The van der Waals surface area contributed by atoms with Crippen LogP contribution in [-0.4, -0.2) is 19.9 Å². The predicted octanol–water partition coefficient (Wildman–Crippen LogP) is 6.53. The van der Waals surface area contributed by atoms with Crippen LogP contribution in [0.15, 0.2) is 72.8 Å². The van der Waals surface area contributed by atoms with Gasteiger partial charge in [0, 0.05) is 51.8 Å². The lowest BCUT2D eigenvalue weighted by Gasteiger charge is -2.13. The fourth-order valence-electron chi connectivity index (χ4n) is 4.52. The molecule has 5 aromatic rings. The third-order valence-corrected chi connectivity index (χ3v) is 7.54. The number of aryl methyl sites for hydroxylation is 1. The van der Waals surface area contributed by atoms with Gasteiger partial charge in [-0.3, -0.25) is 0 Å². The molecule has 0 unspecified atom stereocenters. The molecule has 10 heteroatoms. The first-order valence-corrected chi connectivity index (χ1v) is 14.3. The molecule has 1 saturated carbocycles. The SMILES string of the molecule is Cc1ccc(-c2nc(N)c(CN)c(-c3ccc(Cl)cc3Cl)n2)cc1.NCc1c(N)nc(C2CC2)nc1-c1ccccc1. The smallest absolute Gasteiger partial charge is 0.162 e. The maximum Gasteiger partial charge on any atom is 0.162 e. The van der Waals surface area contributed by atoms with E-state index in [9.17, 15) is 0 Å². The zero-order valence-corrected chi connectivity index (χ0v) is 24.7. The third kappa shape index (κ3) is 6.53. The Labute approximate surface area is 255 Å². The van der Waals surface area contributed by atoms with Crippen molar-refractivity contribution in [3.63, 3.8) is 0 Å². The Morgan fingerprint density at radius 1 is 0.714 bits per heavy atom. The van der Waals surface area contributed by atoms with Gasteiger partial charge >= 0.3 is 0 Å². The Morgan fingerprint density at radius 3 is 1.98 bits per heavy atom. The van der Waals surface area contributed by atoms with Gasteiger partial charge in [-0.2, -0.15) is 0 Å². The van der Waals surface area contributed by atoms with E-state index >= 15 is 0 Å². The van der Waals surface area contributed by atoms with Gasteiger partial charge in [0.05, 0.1) is 16.4 Å². The summed E-state index contributed by atoms with van der Waals surface area (Å²) in [4.78, 5) is 18.1. The summed E-state index contributed by atoms with van der Waals surface area (Å²) in [6.45, 7) is 2.60. The van der Waals surface area contributed by atoms with Crippen molar-refractivity contribution in [1.82, 2.24) is 19.9 Å². The Kier molecular flexibility index (Phi) is 8.99. The van der Waals surface area contributed by atoms with Gasteiger partial charge in [-0.05, 0) is 38.0 Å². The molecule has 8 N–H and O–H groups in total. The molecule has 1 aliphatic rings. The van der Waals surface area contributed by atoms with Crippen molar-refractivity contribution in [3.05, 3.63) is 105 Å². The van der Waals surface area contributed by atoms with Crippen LogP contribution < -0.4 is 22.9 Å². The monoisotopic (exact) mass is 598 g/mol. The zero-order chi connectivity index (χ0) is 29.8. The van der Waals surface area contributed by atoms with Crippen molar-refractivity contribution in [2.24, 2.45) is 11.5 Å². The summed E-state index contributed by atoms with van der Waals surface area (Å²) in [6.07, 6.45) is 2.32. The third-order valence-electron chi connectivity index (χ3n) is 6.99. The average Bonchev–Trinajstić information content (AvgIpc) is 3.84. The van der Waals surface area contributed by atoms with Crippen LogP contribution in [0.5, 0.6) is 0 Å². The molecule has 6 rings (SSSR count). The Balaban J connectivity index is 0.000000175. The summed E-state index contributed by atoms with van der Waals surface area (Å²) in [5.41, 5.74) is 30.6. The summed E-state index contributed by atoms with van der Waals surface area (Å²) in [7, 11) is 0. The van der Waals surface area contributed by atoms with E-state index in [-0.39, 0.29) is 6.54 Å². The van der Waals surface area contributed by atoms with Crippen molar-refractivity contribution in [2.75, 3.05) is 11.5 Å². The summed E-state index contributed by atoms with van der Waals surface area (Å²) >= 11 is 12.3. The molecule has 8 nitrogen and oxygen atoms in total. The molecule has 0 amide bonds. The second kappa shape index (κ2) is 12.8. The number of nitrogens with two attached hydrogens (primary N) is 4. The van der Waals surface area contributed by atoms with E-state index in [0.717, 1.165) is 52.2 Å². The van der Waals surface area contributed by atoms with Crippen LogP contribution in [0.3, 0.4) is 0 Å². The molecule has 214 valence electrons. The highest BCUT2D eigenvalue weighted by molar-refractivity contribution is 6.36. The van der Waals surface area contributed by atoms with E-state index in [1.54, 1.807) is 12.1 Å². The van der Waals surface area contributed by atoms with E-state index < -0.39 is 0 Å². The number of benzene rings is 3. The number of nitrogen functional groups attached to an aromatic ring is 2. The maximum absolute atomic E-state index is 6.34. The minimum atomic E-state index is 0.217. The molecule has 0 radical (unpaired) electrons. The minimum Gasteiger partial charge on any atom is -0.383 e. The molecule has 0 spiro atoms. The molecule has 2 heterocycles. The van der Waals surface area contributed by atoms with Gasteiger partial charge in [0.2, 0.25) is 0 Å². The lowest BCUT2D eigenvalue weighted by molar-refractivity contribution is 0.909. The number of nitrogens with zero attached hydrogens (tertiary/aromatic N) is 4. The number of aromatic nitrogens is 4. The highest BCUT2D eigenvalue weighted by Gasteiger charge is 2.28. The molecule has 1 fully saturated rings. The molecule has 0 aliphatic heterocycles. The molecule has 0 atom stereocenters. The van der Waals surface area contributed by atoms with Crippen LogP contribution in [0, 0.1) is 6.92 Å². The topological polar surface area (TPSA) is 156 Å². The van der Waals surface area contributed by atoms with Gasteiger partial charge < -0.3 is 22.9 Å². The molecule has 42 heavy (non-hydrogen) atoms. The Bertz CT molecular complexity index is 1710. The lowest BCUT2D eigenvalue weighted by atomic mass is 10.1. The van der Waals surface area contributed by atoms with Crippen LogP contribution in [0.25, 0.3) is 33.9 Å². The van der Waals surface area contributed by atoms with E-state index in [4.69, 9.17) is 46.1 Å². The second-order valence-electron chi connectivity index (χ2n) is 10.1. The van der Waals surface area contributed by atoms with Gasteiger partial charge in [-0.15, -0.1) is 0 Å².